The van der Waals surface area contributed by atoms with Gasteiger partial charge in [-0.05, 0) is 65.1 Å². The molecule has 0 N–H and O–H groups in total. The quantitative estimate of drug-likeness (QED) is 0.276. The molecule has 32 heavy (non-hydrogen) atoms. The van der Waals surface area contributed by atoms with Crippen LogP contribution in [0.5, 0.6) is 0 Å². The molecule has 0 aliphatic rings. The van der Waals surface area contributed by atoms with Gasteiger partial charge in [0.1, 0.15) is 0 Å². The van der Waals surface area contributed by atoms with E-state index in [0.717, 1.165) is 0 Å². The molecular formula is C31H23N. The standard InChI is InChI=1S/C31H23N/c1-22-18-25(23-10-3-2-4-11-23)20-26(19-22)24-12-9-13-27(21-24)32-30-16-7-5-14-28(30)29-15-6-8-17-31(29)32/h2-21H,1H3. The van der Waals surface area contributed by atoms with Crippen LogP contribution in [-0.4, -0.2) is 4.57 Å². The molecule has 0 amide bonds. The molecule has 0 unspecified atom stereocenters. The second-order valence-corrected chi connectivity index (χ2v) is 8.37. The lowest BCUT2D eigenvalue weighted by Crippen LogP contribution is -1.94. The number of fused-ring (bicyclic) bond motifs is 3. The summed E-state index contributed by atoms with van der Waals surface area (Å²) in [5.41, 5.74) is 9.89. The minimum absolute atomic E-state index is 1.18. The van der Waals surface area contributed by atoms with Crippen LogP contribution in [0, 0.1) is 6.92 Å². The summed E-state index contributed by atoms with van der Waals surface area (Å²) in [5.74, 6) is 0. The smallest absolute Gasteiger partial charge is 0.0541 e. The second-order valence-electron chi connectivity index (χ2n) is 8.37. The number of hydrogen-bond acceptors (Lipinski definition) is 0. The van der Waals surface area contributed by atoms with Gasteiger partial charge in [-0.1, -0.05) is 91.0 Å². The van der Waals surface area contributed by atoms with E-state index in [1.165, 1.54) is 55.3 Å². The van der Waals surface area contributed by atoms with Gasteiger partial charge >= 0.3 is 0 Å². The van der Waals surface area contributed by atoms with Gasteiger partial charge < -0.3 is 4.57 Å². The molecule has 0 saturated carbocycles. The fraction of sp³-hybridized carbons (Fsp3) is 0.0323. The molecule has 152 valence electrons. The Bertz CT molecular complexity index is 1520. The van der Waals surface area contributed by atoms with E-state index in [0.29, 0.717) is 0 Å². The second kappa shape index (κ2) is 7.55. The molecule has 0 saturated heterocycles. The van der Waals surface area contributed by atoms with Gasteiger partial charge in [-0.2, -0.15) is 0 Å². The number of aryl methyl sites for hydroxylation is 1. The summed E-state index contributed by atoms with van der Waals surface area (Å²) >= 11 is 0. The van der Waals surface area contributed by atoms with Gasteiger partial charge in [-0.3, -0.25) is 0 Å². The molecule has 1 aromatic heterocycles. The minimum atomic E-state index is 1.18. The zero-order valence-electron chi connectivity index (χ0n) is 18.0. The number of aromatic nitrogens is 1. The Morgan fingerprint density at radius 2 is 1.00 bits per heavy atom. The van der Waals surface area contributed by atoms with Crippen molar-refractivity contribution >= 4 is 21.8 Å². The predicted molar refractivity (Wildman–Crippen MR) is 136 cm³/mol. The van der Waals surface area contributed by atoms with Crippen molar-refractivity contribution in [2.75, 3.05) is 0 Å². The average molecular weight is 410 g/mol. The third kappa shape index (κ3) is 3.11. The van der Waals surface area contributed by atoms with E-state index in [-0.39, 0.29) is 0 Å². The normalized spacial score (nSPS) is 11.3. The summed E-state index contributed by atoms with van der Waals surface area (Å²) in [7, 11) is 0. The van der Waals surface area contributed by atoms with Crippen molar-refractivity contribution in [2.24, 2.45) is 0 Å². The molecule has 0 aliphatic heterocycles. The molecular weight excluding hydrogens is 386 g/mol. The average Bonchev–Trinajstić information content (AvgIpc) is 3.19. The molecule has 1 heterocycles. The molecule has 5 aromatic carbocycles. The maximum absolute atomic E-state index is 2.38. The molecule has 0 radical (unpaired) electrons. The Kier molecular flexibility index (Phi) is 4.40. The summed E-state index contributed by atoms with van der Waals surface area (Å²) < 4.78 is 2.38. The van der Waals surface area contributed by atoms with Gasteiger partial charge in [-0.15, -0.1) is 0 Å². The van der Waals surface area contributed by atoms with E-state index >= 15 is 0 Å². The summed E-state index contributed by atoms with van der Waals surface area (Å²) in [5, 5.41) is 2.57. The van der Waals surface area contributed by atoms with Gasteiger partial charge in [-0.25, -0.2) is 0 Å². The van der Waals surface area contributed by atoms with E-state index in [1.807, 2.05) is 0 Å². The lowest BCUT2D eigenvalue weighted by molar-refractivity contribution is 1.18. The maximum atomic E-state index is 2.38. The monoisotopic (exact) mass is 409 g/mol. The topological polar surface area (TPSA) is 4.93 Å². The first-order valence-corrected chi connectivity index (χ1v) is 11.0. The Hall–Kier alpha value is -4.10. The van der Waals surface area contributed by atoms with E-state index in [1.54, 1.807) is 0 Å². The van der Waals surface area contributed by atoms with Gasteiger partial charge in [0.25, 0.3) is 0 Å². The van der Waals surface area contributed by atoms with Crippen molar-refractivity contribution in [1.82, 2.24) is 4.57 Å². The van der Waals surface area contributed by atoms with Crippen LogP contribution in [0.4, 0.5) is 0 Å². The third-order valence-electron chi connectivity index (χ3n) is 6.20. The summed E-state index contributed by atoms with van der Waals surface area (Å²) in [6.45, 7) is 2.17. The zero-order valence-corrected chi connectivity index (χ0v) is 18.0. The van der Waals surface area contributed by atoms with E-state index < -0.39 is 0 Å². The Morgan fingerprint density at radius 1 is 0.438 bits per heavy atom. The third-order valence-corrected chi connectivity index (χ3v) is 6.20. The number of rotatable bonds is 3. The lowest BCUT2D eigenvalue weighted by Gasteiger charge is -2.12. The minimum Gasteiger partial charge on any atom is -0.309 e. The molecule has 1 heteroatoms. The first-order chi connectivity index (χ1) is 15.8. The van der Waals surface area contributed by atoms with Crippen molar-refractivity contribution in [3.05, 3.63) is 127 Å². The predicted octanol–water partition coefficient (Wildman–Crippen LogP) is 8.43. The van der Waals surface area contributed by atoms with Gasteiger partial charge in [0.05, 0.1) is 11.0 Å². The Labute approximate surface area is 188 Å². The van der Waals surface area contributed by atoms with Gasteiger partial charge in [0.15, 0.2) is 0 Å². The highest BCUT2D eigenvalue weighted by Crippen LogP contribution is 2.34. The number of benzene rings is 5. The van der Waals surface area contributed by atoms with Crippen molar-refractivity contribution in [1.29, 1.82) is 0 Å². The van der Waals surface area contributed by atoms with E-state index in [4.69, 9.17) is 0 Å². The van der Waals surface area contributed by atoms with Crippen LogP contribution in [0.25, 0.3) is 49.7 Å². The summed E-state index contributed by atoms with van der Waals surface area (Å²) in [6.07, 6.45) is 0. The molecule has 6 aromatic rings. The maximum Gasteiger partial charge on any atom is 0.0541 e. The Morgan fingerprint density at radius 3 is 1.69 bits per heavy atom. The van der Waals surface area contributed by atoms with Gasteiger partial charge in [0.2, 0.25) is 0 Å². The highest BCUT2D eigenvalue weighted by molar-refractivity contribution is 6.09. The number of hydrogen-bond donors (Lipinski definition) is 0. The van der Waals surface area contributed by atoms with Crippen LogP contribution in [0.2, 0.25) is 0 Å². The highest BCUT2D eigenvalue weighted by atomic mass is 15.0. The fourth-order valence-electron chi connectivity index (χ4n) is 4.77. The van der Waals surface area contributed by atoms with Crippen LogP contribution in [0.3, 0.4) is 0 Å². The van der Waals surface area contributed by atoms with Crippen LogP contribution in [0.15, 0.2) is 121 Å². The van der Waals surface area contributed by atoms with E-state index in [9.17, 15) is 0 Å². The lowest BCUT2D eigenvalue weighted by atomic mass is 9.96. The van der Waals surface area contributed by atoms with Crippen LogP contribution >= 0.6 is 0 Å². The van der Waals surface area contributed by atoms with Crippen LogP contribution in [0.1, 0.15) is 5.56 Å². The van der Waals surface area contributed by atoms with Gasteiger partial charge in [0, 0.05) is 16.5 Å². The summed E-state index contributed by atoms with van der Waals surface area (Å²) in [4.78, 5) is 0. The SMILES string of the molecule is Cc1cc(-c2ccccc2)cc(-c2cccc(-n3c4ccccc4c4ccccc43)c2)c1. The van der Waals surface area contributed by atoms with Crippen molar-refractivity contribution in [3.8, 4) is 27.9 Å². The number of para-hydroxylation sites is 2. The first-order valence-electron chi connectivity index (χ1n) is 11.0. The first kappa shape index (κ1) is 18.7. The largest absolute Gasteiger partial charge is 0.309 e. The van der Waals surface area contributed by atoms with Crippen LogP contribution < -0.4 is 0 Å². The molecule has 0 fully saturated rings. The zero-order chi connectivity index (χ0) is 21.5. The molecule has 0 spiro atoms. The van der Waals surface area contributed by atoms with Crippen LogP contribution in [-0.2, 0) is 0 Å². The molecule has 0 bridgehead atoms. The molecule has 0 atom stereocenters. The highest BCUT2D eigenvalue weighted by Gasteiger charge is 2.12. The van der Waals surface area contributed by atoms with E-state index in [2.05, 4.69) is 133 Å². The fourth-order valence-corrected chi connectivity index (χ4v) is 4.77. The molecule has 1 nitrogen and oxygen atoms in total. The van der Waals surface area contributed by atoms with Crippen molar-refractivity contribution < 1.29 is 0 Å². The molecule has 6 rings (SSSR count). The van der Waals surface area contributed by atoms with Crippen molar-refractivity contribution in [3.63, 3.8) is 0 Å². The number of nitrogens with zero attached hydrogens (tertiary/aromatic N) is 1. The Balaban J connectivity index is 1.54. The molecule has 0 aliphatic carbocycles. The summed E-state index contributed by atoms with van der Waals surface area (Å²) in [6, 6.07) is 43.7. The van der Waals surface area contributed by atoms with Crippen molar-refractivity contribution in [2.45, 2.75) is 6.92 Å².